The first kappa shape index (κ1) is 8.59. The Morgan fingerprint density at radius 3 is 2.85 bits per heavy atom. The molecule has 1 fully saturated rings. The van der Waals surface area contributed by atoms with Crippen LogP contribution < -0.4 is 0 Å². The topological polar surface area (TPSA) is 66.2 Å². The van der Waals surface area contributed by atoms with Gasteiger partial charge >= 0.3 is 0 Å². The smallest absolute Gasteiger partial charge is 0.133 e. The van der Waals surface area contributed by atoms with E-state index in [9.17, 15) is 10.2 Å². The maximum atomic E-state index is 9.99. The molecule has 4 heteroatoms. The molecule has 13 heavy (non-hydrogen) atoms. The van der Waals surface area contributed by atoms with Gasteiger partial charge in [0.25, 0.3) is 0 Å². The molecule has 1 aromatic heterocycles. The molecule has 2 N–H and O–H groups in total. The van der Waals surface area contributed by atoms with Gasteiger partial charge in [-0.2, -0.15) is 0 Å². The van der Waals surface area contributed by atoms with E-state index in [1.807, 2.05) is 6.92 Å². The number of hydrogen-bond acceptors (Lipinski definition) is 4. The highest BCUT2D eigenvalue weighted by Crippen LogP contribution is 2.41. The van der Waals surface area contributed by atoms with Crippen LogP contribution in [-0.2, 0) is 5.60 Å². The SMILES string of the molecule is Cc1cncnc1C1(O)CCC1O. The van der Waals surface area contributed by atoms with Crippen LogP contribution in [0.3, 0.4) is 0 Å². The van der Waals surface area contributed by atoms with E-state index in [1.165, 1.54) is 6.33 Å². The van der Waals surface area contributed by atoms with Crippen LogP contribution in [-0.4, -0.2) is 26.3 Å². The molecule has 2 atom stereocenters. The van der Waals surface area contributed by atoms with Crippen LogP contribution in [0.5, 0.6) is 0 Å². The molecule has 0 saturated heterocycles. The van der Waals surface area contributed by atoms with Crippen LogP contribution in [0.15, 0.2) is 12.5 Å². The normalized spacial score (nSPS) is 32.7. The van der Waals surface area contributed by atoms with Gasteiger partial charge in [-0.25, -0.2) is 9.97 Å². The standard InChI is InChI=1S/C9H12N2O2/c1-6-4-10-5-11-8(6)9(13)3-2-7(9)12/h4-5,7,12-13H,2-3H2,1H3. The Morgan fingerprint density at radius 1 is 1.62 bits per heavy atom. The van der Waals surface area contributed by atoms with Crippen molar-refractivity contribution in [1.82, 2.24) is 9.97 Å². The Morgan fingerprint density at radius 2 is 2.38 bits per heavy atom. The fourth-order valence-electron chi connectivity index (χ4n) is 1.68. The third-order valence-electron chi connectivity index (χ3n) is 2.66. The Bertz CT molecular complexity index is 329. The zero-order valence-electron chi connectivity index (χ0n) is 7.44. The molecule has 0 aliphatic heterocycles. The van der Waals surface area contributed by atoms with E-state index in [0.717, 1.165) is 5.56 Å². The van der Waals surface area contributed by atoms with Crippen LogP contribution in [0.4, 0.5) is 0 Å². The fraction of sp³-hybridized carbons (Fsp3) is 0.556. The highest BCUT2D eigenvalue weighted by Gasteiger charge is 2.47. The molecule has 1 saturated carbocycles. The van der Waals surface area contributed by atoms with Crippen molar-refractivity contribution < 1.29 is 10.2 Å². The molecular weight excluding hydrogens is 168 g/mol. The first-order valence-electron chi connectivity index (χ1n) is 4.32. The second kappa shape index (κ2) is 2.75. The average molecular weight is 180 g/mol. The summed E-state index contributed by atoms with van der Waals surface area (Å²) in [7, 11) is 0. The summed E-state index contributed by atoms with van der Waals surface area (Å²) >= 11 is 0. The van der Waals surface area contributed by atoms with Gasteiger partial charge < -0.3 is 10.2 Å². The van der Waals surface area contributed by atoms with Gasteiger partial charge in [0.1, 0.15) is 11.9 Å². The second-order valence-corrected chi connectivity index (χ2v) is 3.53. The van der Waals surface area contributed by atoms with E-state index >= 15 is 0 Å². The summed E-state index contributed by atoms with van der Waals surface area (Å²) < 4.78 is 0. The maximum absolute atomic E-state index is 9.99. The molecular formula is C9H12N2O2. The van der Waals surface area contributed by atoms with Gasteiger partial charge in [-0.1, -0.05) is 0 Å². The molecule has 1 aromatic rings. The minimum Gasteiger partial charge on any atom is -0.390 e. The molecule has 1 aliphatic carbocycles. The number of aromatic nitrogens is 2. The Kier molecular flexibility index (Phi) is 1.82. The van der Waals surface area contributed by atoms with Crippen LogP contribution in [0.2, 0.25) is 0 Å². The first-order chi connectivity index (χ1) is 6.14. The van der Waals surface area contributed by atoms with Crippen molar-refractivity contribution in [1.29, 1.82) is 0 Å². The van der Waals surface area contributed by atoms with Crippen LogP contribution in [0, 0.1) is 6.92 Å². The highest BCUT2D eigenvalue weighted by molar-refractivity contribution is 5.25. The predicted octanol–water partition coefficient (Wildman–Crippen LogP) is 0.127. The Balaban J connectivity index is 2.40. The van der Waals surface area contributed by atoms with Crippen LogP contribution in [0.25, 0.3) is 0 Å². The van der Waals surface area contributed by atoms with Gasteiger partial charge in [-0.3, -0.25) is 0 Å². The lowest BCUT2D eigenvalue weighted by molar-refractivity contribution is -0.154. The van der Waals surface area contributed by atoms with Crippen molar-refractivity contribution in [2.24, 2.45) is 0 Å². The van der Waals surface area contributed by atoms with Crippen molar-refractivity contribution in [3.8, 4) is 0 Å². The molecule has 0 aromatic carbocycles. The van der Waals surface area contributed by atoms with Crippen LogP contribution in [0.1, 0.15) is 24.1 Å². The van der Waals surface area contributed by atoms with Crippen molar-refractivity contribution in [3.63, 3.8) is 0 Å². The van der Waals surface area contributed by atoms with Gasteiger partial charge in [-0.15, -0.1) is 0 Å². The van der Waals surface area contributed by atoms with E-state index < -0.39 is 11.7 Å². The average Bonchev–Trinajstić information content (AvgIpc) is 2.15. The molecule has 70 valence electrons. The summed E-state index contributed by atoms with van der Waals surface area (Å²) in [6.45, 7) is 1.83. The van der Waals surface area contributed by atoms with Gasteiger partial charge in [0.05, 0.1) is 11.8 Å². The number of aliphatic hydroxyl groups excluding tert-OH is 1. The zero-order chi connectivity index (χ0) is 9.47. The molecule has 0 radical (unpaired) electrons. The Labute approximate surface area is 76.3 Å². The molecule has 0 spiro atoms. The van der Waals surface area contributed by atoms with Crippen molar-refractivity contribution >= 4 is 0 Å². The monoisotopic (exact) mass is 180 g/mol. The van der Waals surface area contributed by atoms with Crippen molar-refractivity contribution in [2.75, 3.05) is 0 Å². The van der Waals surface area contributed by atoms with E-state index in [0.29, 0.717) is 18.5 Å². The van der Waals surface area contributed by atoms with E-state index in [1.54, 1.807) is 6.20 Å². The molecule has 2 rings (SSSR count). The number of aliphatic hydroxyl groups is 2. The van der Waals surface area contributed by atoms with E-state index in [4.69, 9.17) is 0 Å². The summed E-state index contributed by atoms with van der Waals surface area (Å²) in [6, 6.07) is 0. The summed E-state index contributed by atoms with van der Waals surface area (Å²) in [5.74, 6) is 0. The summed E-state index contributed by atoms with van der Waals surface area (Å²) in [4.78, 5) is 7.84. The molecule has 4 nitrogen and oxygen atoms in total. The Hall–Kier alpha value is -1.00. The van der Waals surface area contributed by atoms with Gasteiger partial charge in [0.2, 0.25) is 0 Å². The lowest BCUT2D eigenvalue weighted by Crippen LogP contribution is -2.49. The summed E-state index contributed by atoms with van der Waals surface area (Å²) in [5, 5.41) is 19.4. The fourth-order valence-corrected chi connectivity index (χ4v) is 1.68. The lowest BCUT2D eigenvalue weighted by atomic mass is 9.73. The van der Waals surface area contributed by atoms with Gasteiger partial charge in [0.15, 0.2) is 0 Å². The summed E-state index contributed by atoms with van der Waals surface area (Å²) in [6.07, 6.45) is 3.57. The maximum Gasteiger partial charge on any atom is 0.133 e. The van der Waals surface area contributed by atoms with Gasteiger partial charge in [-0.05, 0) is 25.3 Å². The quantitative estimate of drug-likeness (QED) is 0.644. The highest BCUT2D eigenvalue weighted by atomic mass is 16.3. The number of hydrogen-bond donors (Lipinski definition) is 2. The number of rotatable bonds is 1. The van der Waals surface area contributed by atoms with Gasteiger partial charge in [0, 0.05) is 6.20 Å². The molecule has 2 unspecified atom stereocenters. The minimum atomic E-state index is -1.13. The van der Waals surface area contributed by atoms with E-state index in [-0.39, 0.29) is 0 Å². The summed E-state index contributed by atoms with van der Waals surface area (Å²) in [5.41, 5.74) is 0.248. The largest absolute Gasteiger partial charge is 0.390 e. The minimum absolute atomic E-state index is 0.557. The molecule has 1 heterocycles. The third-order valence-corrected chi connectivity index (χ3v) is 2.66. The molecule has 0 bridgehead atoms. The molecule has 0 amide bonds. The van der Waals surface area contributed by atoms with E-state index in [2.05, 4.69) is 9.97 Å². The predicted molar refractivity (Wildman–Crippen MR) is 45.9 cm³/mol. The second-order valence-electron chi connectivity index (χ2n) is 3.53. The third kappa shape index (κ3) is 1.14. The molecule has 1 aliphatic rings. The van der Waals surface area contributed by atoms with Crippen LogP contribution >= 0.6 is 0 Å². The number of nitrogens with zero attached hydrogens (tertiary/aromatic N) is 2. The zero-order valence-corrected chi connectivity index (χ0v) is 7.44. The van der Waals surface area contributed by atoms with Crippen molar-refractivity contribution in [2.45, 2.75) is 31.5 Å². The first-order valence-corrected chi connectivity index (χ1v) is 4.32. The number of aryl methyl sites for hydroxylation is 1. The lowest BCUT2D eigenvalue weighted by Gasteiger charge is -2.41. The van der Waals surface area contributed by atoms with Crippen molar-refractivity contribution in [3.05, 3.63) is 23.8 Å².